The van der Waals surface area contributed by atoms with E-state index in [1.54, 1.807) is 17.0 Å². The molecule has 0 unspecified atom stereocenters. The molecule has 2 heterocycles. The normalized spacial score (nSPS) is 15.3. The lowest BCUT2D eigenvalue weighted by Gasteiger charge is -2.35. The van der Waals surface area contributed by atoms with E-state index in [4.69, 9.17) is 9.52 Å². The van der Waals surface area contributed by atoms with Gasteiger partial charge < -0.3 is 19.7 Å². The van der Waals surface area contributed by atoms with E-state index in [1.807, 2.05) is 0 Å². The predicted molar refractivity (Wildman–Crippen MR) is 62.9 cm³/mol. The second kappa shape index (κ2) is 5.68. The van der Waals surface area contributed by atoms with Gasteiger partial charge >= 0.3 is 0 Å². The van der Waals surface area contributed by atoms with Gasteiger partial charge in [0.15, 0.2) is 5.76 Å². The van der Waals surface area contributed by atoms with E-state index in [-0.39, 0.29) is 23.7 Å². The van der Waals surface area contributed by atoms with Crippen LogP contribution in [-0.2, 0) is 4.79 Å². The molecule has 1 fully saturated rings. The molecule has 0 atom stereocenters. The highest BCUT2D eigenvalue weighted by atomic mass is 16.3. The van der Waals surface area contributed by atoms with Gasteiger partial charge in [0.05, 0.1) is 12.4 Å². The Morgan fingerprint density at radius 1 is 1.50 bits per heavy atom. The summed E-state index contributed by atoms with van der Waals surface area (Å²) in [5.74, 6) is 0.0200. The average molecular weight is 252 g/mol. The highest BCUT2D eigenvalue weighted by molar-refractivity contribution is 5.91. The summed E-state index contributed by atoms with van der Waals surface area (Å²) in [5.41, 5.74) is 0. The zero-order chi connectivity index (χ0) is 13.0. The van der Waals surface area contributed by atoms with Gasteiger partial charge in [0.1, 0.15) is 0 Å². The van der Waals surface area contributed by atoms with Crippen molar-refractivity contribution in [3.05, 3.63) is 24.2 Å². The Bertz CT molecular complexity index is 410. The van der Waals surface area contributed by atoms with Crippen molar-refractivity contribution >= 4 is 11.8 Å². The van der Waals surface area contributed by atoms with Gasteiger partial charge in [-0.15, -0.1) is 0 Å². The van der Waals surface area contributed by atoms with E-state index in [1.165, 1.54) is 6.26 Å². The fourth-order valence-corrected chi connectivity index (χ4v) is 1.75. The molecule has 1 aliphatic rings. The summed E-state index contributed by atoms with van der Waals surface area (Å²) in [7, 11) is 0. The highest BCUT2D eigenvalue weighted by Crippen LogP contribution is 2.09. The molecule has 0 aliphatic carbocycles. The topological polar surface area (TPSA) is 82.8 Å². The van der Waals surface area contributed by atoms with Gasteiger partial charge in [0, 0.05) is 26.1 Å². The zero-order valence-corrected chi connectivity index (χ0v) is 9.96. The number of aliphatic hydroxyl groups excluding tert-OH is 1. The number of nitrogens with zero attached hydrogens (tertiary/aromatic N) is 1. The number of nitrogens with one attached hydrogen (secondary N) is 1. The number of aliphatic hydroxyl groups is 1. The number of furan rings is 1. The lowest BCUT2D eigenvalue weighted by molar-refractivity contribution is -0.141. The van der Waals surface area contributed by atoms with Crippen LogP contribution in [0.2, 0.25) is 0 Å². The Morgan fingerprint density at radius 3 is 2.89 bits per heavy atom. The SMILES string of the molecule is O=C(NCCCC(=O)N1CC(O)C1)c1ccco1. The number of carbonyl (C=O) groups is 2. The Hall–Kier alpha value is -1.82. The molecular weight excluding hydrogens is 236 g/mol. The number of amides is 2. The molecule has 1 aromatic rings. The first-order valence-corrected chi connectivity index (χ1v) is 5.94. The van der Waals surface area contributed by atoms with Crippen molar-refractivity contribution in [3.8, 4) is 0 Å². The number of rotatable bonds is 5. The van der Waals surface area contributed by atoms with Crippen LogP contribution in [0, 0.1) is 0 Å². The molecule has 2 N–H and O–H groups in total. The van der Waals surface area contributed by atoms with Crippen LogP contribution in [0.1, 0.15) is 23.4 Å². The Balaban J connectivity index is 1.59. The minimum absolute atomic E-state index is 0.0209. The van der Waals surface area contributed by atoms with Crippen molar-refractivity contribution in [2.24, 2.45) is 0 Å². The Morgan fingerprint density at radius 2 is 2.28 bits per heavy atom. The number of carbonyl (C=O) groups excluding carboxylic acids is 2. The van der Waals surface area contributed by atoms with Crippen molar-refractivity contribution in [1.82, 2.24) is 10.2 Å². The Kier molecular flexibility index (Phi) is 3.99. The molecule has 1 aromatic heterocycles. The van der Waals surface area contributed by atoms with Crippen molar-refractivity contribution < 1.29 is 19.1 Å². The maximum absolute atomic E-state index is 11.5. The largest absolute Gasteiger partial charge is 0.459 e. The predicted octanol–water partition coefficient (Wildman–Crippen LogP) is -0.00730. The average Bonchev–Trinajstić information content (AvgIpc) is 2.83. The molecule has 1 saturated heterocycles. The van der Waals surface area contributed by atoms with Crippen molar-refractivity contribution in [1.29, 1.82) is 0 Å². The third kappa shape index (κ3) is 3.10. The van der Waals surface area contributed by atoms with Gasteiger partial charge in [-0.05, 0) is 18.6 Å². The van der Waals surface area contributed by atoms with Crippen molar-refractivity contribution in [2.75, 3.05) is 19.6 Å². The lowest BCUT2D eigenvalue weighted by Crippen LogP contribution is -2.53. The molecule has 0 aromatic carbocycles. The molecule has 0 saturated carbocycles. The molecule has 18 heavy (non-hydrogen) atoms. The van der Waals surface area contributed by atoms with E-state index in [9.17, 15) is 9.59 Å². The first-order chi connectivity index (χ1) is 8.66. The third-order valence-electron chi connectivity index (χ3n) is 2.81. The minimum atomic E-state index is -0.368. The van der Waals surface area contributed by atoms with Crippen LogP contribution >= 0.6 is 0 Å². The lowest BCUT2D eigenvalue weighted by atomic mass is 10.1. The van der Waals surface area contributed by atoms with E-state index >= 15 is 0 Å². The Labute approximate surface area is 105 Å². The summed E-state index contributed by atoms with van der Waals surface area (Å²) < 4.78 is 4.93. The van der Waals surface area contributed by atoms with E-state index < -0.39 is 0 Å². The monoisotopic (exact) mass is 252 g/mol. The quantitative estimate of drug-likeness (QED) is 0.722. The third-order valence-corrected chi connectivity index (χ3v) is 2.81. The summed E-state index contributed by atoms with van der Waals surface area (Å²) in [5, 5.41) is 11.7. The molecule has 0 radical (unpaired) electrons. The van der Waals surface area contributed by atoms with Crippen molar-refractivity contribution in [3.63, 3.8) is 0 Å². The summed E-state index contributed by atoms with van der Waals surface area (Å²) in [6, 6.07) is 3.23. The van der Waals surface area contributed by atoms with Crippen molar-refractivity contribution in [2.45, 2.75) is 18.9 Å². The summed E-state index contributed by atoms with van der Waals surface area (Å²) >= 11 is 0. The summed E-state index contributed by atoms with van der Waals surface area (Å²) in [4.78, 5) is 24.6. The molecule has 98 valence electrons. The fourth-order valence-electron chi connectivity index (χ4n) is 1.75. The van der Waals surface area contributed by atoms with Crippen LogP contribution in [0.25, 0.3) is 0 Å². The first kappa shape index (κ1) is 12.6. The molecule has 2 amide bonds. The van der Waals surface area contributed by atoms with Gasteiger partial charge in [0.25, 0.3) is 5.91 Å². The highest BCUT2D eigenvalue weighted by Gasteiger charge is 2.27. The standard InChI is InChI=1S/C12H16N2O4/c15-9-7-14(8-9)11(16)4-1-5-13-12(17)10-3-2-6-18-10/h2-3,6,9,15H,1,4-5,7-8H2,(H,13,17). The smallest absolute Gasteiger partial charge is 0.286 e. The van der Waals surface area contributed by atoms with Crippen LogP contribution in [0.4, 0.5) is 0 Å². The van der Waals surface area contributed by atoms with Crippen LogP contribution in [0.5, 0.6) is 0 Å². The van der Waals surface area contributed by atoms with Crippen LogP contribution in [0.3, 0.4) is 0 Å². The molecule has 0 spiro atoms. The summed E-state index contributed by atoms with van der Waals surface area (Å²) in [6.07, 6.45) is 2.03. The first-order valence-electron chi connectivity index (χ1n) is 5.94. The molecule has 2 rings (SSSR count). The number of likely N-dealkylation sites (tertiary alicyclic amines) is 1. The molecule has 6 nitrogen and oxygen atoms in total. The molecule has 0 bridgehead atoms. The van der Waals surface area contributed by atoms with Gasteiger partial charge in [0.2, 0.25) is 5.91 Å². The van der Waals surface area contributed by atoms with Gasteiger partial charge in [-0.2, -0.15) is 0 Å². The van der Waals surface area contributed by atoms with E-state index in [0.29, 0.717) is 32.5 Å². The zero-order valence-electron chi connectivity index (χ0n) is 9.96. The van der Waals surface area contributed by atoms with E-state index in [0.717, 1.165) is 0 Å². The molecule has 6 heteroatoms. The maximum atomic E-state index is 11.5. The molecular formula is C12H16N2O4. The van der Waals surface area contributed by atoms with Gasteiger partial charge in [-0.1, -0.05) is 0 Å². The van der Waals surface area contributed by atoms with Crippen LogP contribution < -0.4 is 5.32 Å². The molecule has 1 aliphatic heterocycles. The van der Waals surface area contributed by atoms with Crippen LogP contribution in [0.15, 0.2) is 22.8 Å². The van der Waals surface area contributed by atoms with E-state index in [2.05, 4.69) is 5.32 Å². The van der Waals surface area contributed by atoms with Crippen LogP contribution in [-0.4, -0.2) is 47.6 Å². The van der Waals surface area contributed by atoms with Gasteiger partial charge in [-0.25, -0.2) is 0 Å². The number of β-amino-alcohol motifs (C(OH)–C–C–N with tert-alkyl or cyclic N) is 1. The number of hydrogen-bond donors (Lipinski definition) is 2. The fraction of sp³-hybridized carbons (Fsp3) is 0.500. The second-order valence-corrected chi connectivity index (χ2v) is 4.29. The van der Waals surface area contributed by atoms with Gasteiger partial charge in [-0.3, -0.25) is 9.59 Å². The summed E-state index contributed by atoms with van der Waals surface area (Å²) in [6.45, 7) is 1.29. The second-order valence-electron chi connectivity index (χ2n) is 4.29. The minimum Gasteiger partial charge on any atom is -0.459 e. The maximum Gasteiger partial charge on any atom is 0.286 e. The number of hydrogen-bond acceptors (Lipinski definition) is 4.